The van der Waals surface area contributed by atoms with Gasteiger partial charge in [0.05, 0.1) is 0 Å². The Hall–Kier alpha value is -1.94. The molecule has 1 aromatic heterocycles. The summed E-state index contributed by atoms with van der Waals surface area (Å²) < 4.78 is 13.5. The van der Waals surface area contributed by atoms with Gasteiger partial charge in [-0.05, 0) is 36.1 Å². The fourth-order valence-electron chi connectivity index (χ4n) is 1.92. The molecule has 0 amide bonds. The van der Waals surface area contributed by atoms with Gasteiger partial charge in [0.2, 0.25) is 0 Å². The second-order valence-electron chi connectivity index (χ2n) is 4.31. The highest BCUT2D eigenvalue weighted by molar-refractivity contribution is 5.39. The number of rotatable bonds is 4. The van der Waals surface area contributed by atoms with Gasteiger partial charge in [-0.25, -0.2) is 9.37 Å². The minimum absolute atomic E-state index is 0.173. The Morgan fingerprint density at radius 2 is 1.72 bits per heavy atom. The van der Waals surface area contributed by atoms with Gasteiger partial charge in [0.1, 0.15) is 11.6 Å². The summed E-state index contributed by atoms with van der Waals surface area (Å²) in [5, 5.41) is 0. The molecule has 0 spiro atoms. The monoisotopic (exact) mass is 245 g/mol. The zero-order chi connectivity index (χ0) is 13.0. The van der Waals surface area contributed by atoms with Gasteiger partial charge in [-0.1, -0.05) is 24.3 Å². The number of hydrogen-bond donors (Lipinski definition) is 2. The number of pyridine rings is 1. The first-order valence-electron chi connectivity index (χ1n) is 5.85. The van der Waals surface area contributed by atoms with Gasteiger partial charge in [-0.15, -0.1) is 0 Å². The highest BCUT2D eigenvalue weighted by Crippen LogP contribution is 2.13. The maximum absolute atomic E-state index is 13.5. The number of aromatic nitrogens is 1. The van der Waals surface area contributed by atoms with Crippen molar-refractivity contribution in [3.8, 4) is 0 Å². The van der Waals surface area contributed by atoms with Crippen molar-refractivity contribution in [1.82, 2.24) is 4.98 Å². The zero-order valence-electron chi connectivity index (χ0n) is 10.0. The van der Waals surface area contributed by atoms with Crippen LogP contribution in [0.5, 0.6) is 0 Å². The van der Waals surface area contributed by atoms with Crippen LogP contribution in [0.2, 0.25) is 0 Å². The molecule has 1 unspecified atom stereocenters. The van der Waals surface area contributed by atoms with Crippen LogP contribution in [0, 0.1) is 5.82 Å². The van der Waals surface area contributed by atoms with E-state index in [1.54, 1.807) is 18.3 Å². The predicted molar refractivity (Wildman–Crippen MR) is 70.4 cm³/mol. The van der Waals surface area contributed by atoms with Crippen LogP contribution in [0.4, 0.5) is 10.2 Å². The average molecular weight is 245 g/mol. The first-order chi connectivity index (χ1) is 8.66. The Morgan fingerprint density at radius 1 is 1.06 bits per heavy atom. The van der Waals surface area contributed by atoms with Gasteiger partial charge in [0.25, 0.3) is 0 Å². The smallest absolute Gasteiger partial charge is 0.126 e. The lowest BCUT2D eigenvalue weighted by Gasteiger charge is -2.13. The largest absolute Gasteiger partial charge is 0.383 e. The zero-order valence-corrected chi connectivity index (χ0v) is 10.0. The van der Waals surface area contributed by atoms with Crippen LogP contribution in [0.15, 0.2) is 42.6 Å². The third kappa shape index (κ3) is 3.05. The highest BCUT2D eigenvalue weighted by atomic mass is 19.1. The van der Waals surface area contributed by atoms with E-state index in [-0.39, 0.29) is 11.9 Å². The van der Waals surface area contributed by atoms with Crippen molar-refractivity contribution in [2.45, 2.75) is 18.9 Å². The third-order valence-corrected chi connectivity index (χ3v) is 2.85. The molecule has 18 heavy (non-hydrogen) atoms. The second-order valence-corrected chi connectivity index (χ2v) is 4.31. The van der Waals surface area contributed by atoms with Gasteiger partial charge in [-0.3, -0.25) is 0 Å². The lowest BCUT2D eigenvalue weighted by atomic mass is 10.00. The van der Waals surface area contributed by atoms with Crippen molar-refractivity contribution in [1.29, 1.82) is 0 Å². The molecule has 94 valence electrons. The van der Waals surface area contributed by atoms with E-state index in [1.807, 2.05) is 18.2 Å². The van der Waals surface area contributed by atoms with E-state index < -0.39 is 0 Å². The minimum Gasteiger partial charge on any atom is -0.383 e. The maximum atomic E-state index is 13.5. The van der Waals surface area contributed by atoms with Crippen LogP contribution in [-0.2, 0) is 12.8 Å². The Balaban J connectivity index is 2.04. The molecule has 0 aliphatic heterocycles. The summed E-state index contributed by atoms with van der Waals surface area (Å²) in [5.74, 6) is 0.272. The van der Waals surface area contributed by atoms with Crippen molar-refractivity contribution in [2.75, 3.05) is 5.73 Å². The molecule has 2 aromatic rings. The van der Waals surface area contributed by atoms with Crippen molar-refractivity contribution >= 4 is 5.82 Å². The maximum Gasteiger partial charge on any atom is 0.126 e. The molecule has 0 aliphatic carbocycles. The summed E-state index contributed by atoms with van der Waals surface area (Å²) >= 11 is 0. The number of benzene rings is 1. The summed E-state index contributed by atoms with van der Waals surface area (Å²) in [6, 6.07) is 10.2. The van der Waals surface area contributed by atoms with E-state index in [2.05, 4.69) is 4.98 Å². The number of nitrogens with two attached hydrogens (primary N) is 2. The summed E-state index contributed by atoms with van der Waals surface area (Å²) in [7, 11) is 0. The quantitative estimate of drug-likeness (QED) is 0.864. The molecule has 0 saturated carbocycles. The molecule has 0 saturated heterocycles. The van der Waals surface area contributed by atoms with E-state index in [9.17, 15) is 4.39 Å². The van der Waals surface area contributed by atoms with E-state index in [0.717, 1.165) is 5.56 Å². The Labute approximate surface area is 106 Å². The molecular formula is C14H16FN3. The van der Waals surface area contributed by atoms with Crippen molar-refractivity contribution in [3.63, 3.8) is 0 Å². The van der Waals surface area contributed by atoms with Crippen LogP contribution < -0.4 is 11.5 Å². The minimum atomic E-state index is -0.216. The number of halogens is 1. The molecule has 1 heterocycles. The van der Waals surface area contributed by atoms with Crippen molar-refractivity contribution < 1.29 is 4.39 Å². The van der Waals surface area contributed by atoms with Gasteiger partial charge in [0, 0.05) is 12.2 Å². The van der Waals surface area contributed by atoms with Crippen LogP contribution in [0.1, 0.15) is 11.1 Å². The molecular weight excluding hydrogens is 229 g/mol. The summed E-state index contributed by atoms with van der Waals surface area (Å²) in [6.45, 7) is 0. The van der Waals surface area contributed by atoms with Crippen LogP contribution in [0.25, 0.3) is 0 Å². The lowest BCUT2D eigenvalue weighted by Crippen LogP contribution is -2.26. The topological polar surface area (TPSA) is 64.9 Å². The summed E-state index contributed by atoms with van der Waals surface area (Å²) in [6.07, 6.45) is 2.72. The molecule has 0 aliphatic rings. The van der Waals surface area contributed by atoms with E-state index >= 15 is 0 Å². The van der Waals surface area contributed by atoms with Gasteiger partial charge >= 0.3 is 0 Å². The van der Waals surface area contributed by atoms with Crippen molar-refractivity contribution in [3.05, 3.63) is 59.5 Å². The van der Waals surface area contributed by atoms with Gasteiger partial charge < -0.3 is 11.5 Å². The first-order valence-corrected chi connectivity index (χ1v) is 5.85. The summed E-state index contributed by atoms with van der Waals surface area (Å²) in [5.41, 5.74) is 13.3. The Kier molecular flexibility index (Phi) is 3.89. The highest BCUT2D eigenvalue weighted by Gasteiger charge is 2.10. The molecule has 4 N–H and O–H groups in total. The van der Waals surface area contributed by atoms with E-state index in [0.29, 0.717) is 24.2 Å². The van der Waals surface area contributed by atoms with Crippen LogP contribution >= 0.6 is 0 Å². The fraction of sp³-hybridized carbons (Fsp3) is 0.214. The molecule has 0 bridgehead atoms. The van der Waals surface area contributed by atoms with Crippen LogP contribution in [-0.4, -0.2) is 11.0 Å². The number of hydrogen-bond acceptors (Lipinski definition) is 3. The number of anilines is 1. The number of nitrogen functional groups attached to an aromatic ring is 1. The SMILES string of the molecule is Nc1ncccc1CC(N)Cc1ccccc1F. The fourth-order valence-corrected chi connectivity index (χ4v) is 1.92. The normalized spacial score (nSPS) is 12.3. The molecule has 3 nitrogen and oxygen atoms in total. The Bertz CT molecular complexity index is 480. The molecule has 0 radical (unpaired) electrons. The van der Waals surface area contributed by atoms with E-state index in [4.69, 9.17) is 11.5 Å². The van der Waals surface area contributed by atoms with Gasteiger partial charge in [0.15, 0.2) is 0 Å². The summed E-state index contributed by atoms with van der Waals surface area (Å²) in [4.78, 5) is 4.00. The molecule has 4 heteroatoms. The van der Waals surface area contributed by atoms with Crippen molar-refractivity contribution in [2.24, 2.45) is 5.73 Å². The molecule has 1 aromatic carbocycles. The van der Waals surface area contributed by atoms with Gasteiger partial charge in [-0.2, -0.15) is 0 Å². The Morgan fingerprint density at radius 3 is 2.44 bits per heavy atom. The standard InChI is InChI=1S/C14H16FN3/c15-13-6-2-1-4-10(13)8-12(16)9-11-5-3-7-18-14(11)17/h1-7,12H,8-9,16H2,(H2,17,18). The third-order valence-electron chi connectivity index (χ3n) is 2.85. The average Bonchev–Trinajstić information content (AvgIpc) is 2.35. The van der Waals surface area contributed by atoms with Crippen LogP contribution in [0.3, 0.4) is 0 Å². The molecule has 0 fully saturated rings. The molecule has 2 rings (SSSR count). The number of nitrogens with zero attached hydrogens (tertiary/aromatic N) is 1. The first kappa shape index (κ1) is 12.5. The van der Waals surface area contributed by atoms with E-state index in [1.165, 1.54) is 6.07 Å². The lowest BCUT2D eigenvalue weighted by molar-refractivity contribution is 0.584. The molecule has 1 atom stereocenters. The predicted octanol–water partition coefficient (Wildman–Crippen LogP) is 1.92. The second kappa shape index (κ2) is 5.60.